The minimum Gasteiger partial charge on any atom is -0.477 e. The Hall–Kier alpha value is -2.67. The molecule has 0 bridgehead atoms. The van der Waals surface area contributed by atoms with Crippen LogP contribution in [-0.4, -0.2) is 54.6 Å². The summed E-state index contributed by atoms with van der Waals surface area (Å²) in [6.45, 7) is 8.25. The topological polar surface area (TPSA) is 57.7 Å². The summed E-state index contributed by atoms with van der Waals surface area (Å²) < 4.78 is 18.9. The fourth-order valence-electron chi connectivity index (χ4n) is 3.52. The Balaban J connectivity index is 1.48. The molecule has 0 aliphatic carbocycles. The molecule has 1 N–H and O–H groups in total. The first-order valence-electron chi connectivity index (χ1n) is 10.7. The molecule has 2 heterocycles. The predicted molar refractivity (Wildman–Crippen MR) is 116 cm³/mol. The number of carbonyl (C=O) groups is 1. The van der Waals surface area contributed by atoms with Gasteiger partial charge in [-0.1, -0.05) is 19.4 Å². The monoisotopic (exact) mass is 414 g/mol. The molecule has 7 heteroatoms. The van der Waals surface area contributed by atoms with Crippen LogP contribution >= 0.6 is 0 Å². The zero-order valence-corrected chi connectivity index (χ0v) is 17.8. The quantitative estimate of drug-likeness (QED) is 0.639. The highest BCUT2D eigenvalue weighted by atomic mass is 19.1. The van der Waals surface area contributed by atoms with E-state index in [1.54, 1.807) is 18.3 Å². The lowest BCUT2D eigenvalue weighted by Gasteiger charge is -2.38. The number of rotatable bonds is 9. The first-order chi connectivity index (χ1) is 14.6. The van der Waals surface area contributed by atoms with Crippen molar-refractivity contribution in [1.82, 2.24) is 15.2 Å². The number of pyridine rings is 1. The first kappa shape index (κ1) is 22.0. The summed E-state index contributed by atoms with van der Waals surface area (Å²) in [4.78, 5) is 21.4. The first-order valence-corrected chi connectivity index (χ1v) is 10.7. The molecule has 0 radical (unpaired) electrons. The Kier molecular flexibility index (Phi) is 8.02. The number of amides is 1. The van der Waals surface area contributed by atoms with Crippen molar-refractivity contribution < 1.29 is 13.9 Å². The number of carbonyl (C=O) groups excluding carboxylic acids is 1. The third-order valence-electron chi connectivity index (χ3n) is 5.47. The van der Waals surface area contributed by atoms with Gasteiger partial charge in [0, 0.05) is 50.2 Å². The van der Waals surface area contributed by atoms with Crippen LogP contribution in [0.25, 0.3) is 0 Å². The van der Waals surface area contributed by atoms with Crippen LogP contribution in [0.1, 0.15) is 32.3 Å². The van der Waals surface area contributed by atoms with Crippen LogP contribution < -0.4 is 15.0 Å². The Labute approximate surface area is 178 Å². The number of halogens is 1. The van der Waals surface area contributed by atoms with Crippen LogP contribution in [0, 0.1) is 5.82 Å². The van der Waals surface area contributed by atoms with Crippen molar-refractivity contribution >= 4 is 11.6 Å². The zero-order chi connectivity index (χ0) is 21.3. The number of aromatic nitrogens is 1. The molecule has 1 fully saturated rings. The molecule has 3 rings (SSSR count). The molecule has 1 unspecified atom stereocenters. The van der Waals surface area contributed by atoms with Crippen molar-refractivity contribution in [3.63, 3.8) is 0 Å². The largest absolute Gasteiger partial charge is 0.477 e. The van der Waals surface area contributed by atoms with Crippen molar-refractivity contribution in [2.75, 3.05) is 37.7 Å². The zero-order valence-electron chi connectivity index (χ0n) is 17.8. The van der Waals surface area contributed by atoms with E-state index in [1.165, 1.54) is 12.1 Å². The average molecular weight is 415 g/mol. The summed E-state index contributed by atoms with van der Waals surface area (Å²) in [5, 5.41) is 3.02. The number of ether oxygens (including phenoxy) is 1. The van der Waals surface area contributed by atoms with Crippen molar-refractivity contribution in [3.8, 4) is 5.88 Å². The predicted octanol–water partition coefficient (Wildman–Crippen LogP) is 3.23. The standard InChI is InChI=1S/C23H31FN4O2/c1-3-4-16-30-23-19(6-5-11-25-23)17-26-22(29)18(2)27-12-14-28(15-13-27)21-9-7-20(24)8-10-21/h5-11,18H,3-4,12-17H2,1-2H3,(H,26,29). The van der Waals surface area contributed by atoms with E-state index in [-0.39, 0.29) is 17.8 Å². The fourth-order valence-corrected chi connectivity index (χ4v) is 3.52. The molecule has 30 heavy (non-hydrogen) atoms. The number of piperazine rings is 1. The van der Waals surface area contributed by atoms with Crippen LogP contribution in [-0.2, 0) is 11.3 Å². The van der Waals surface area contributed by atoms with E-state index in [1.807, 2.05) is 19.1 Å². The maximum atomic E-state index is 13.1. The lowest BCUT2D eigenvalue weighted by molar-refractivity contribution is -0.126. The van der Waals surface area contributed by atoms with Crippen molar-refractivity contribution in [2.45, 2.75) is 39.3 Å². The molecule has 1 saturated heterocycles. The molecule has 1 aromatic heterocycles. The minimum atomic E-state index is -0.227. The summed E-state index contributed by atoms with van der Waals surface area (Å²) in [5.41, 5.74) is 1.90. The van der Waals surface area contributed by atoms with Crippen LogP contribution in [0.15, 0.2) is 42.6 Å². The number of nitrogens with one attached hydrogen (secondary N) is 1. The highest BCUT2D eigenvalue weighted by Gasteiger charge is 2.25. The maximum Gasteiger partial charge on any atom is 0.237 e. The summed E-state index contributed by atoms with van der Waals surface area (Å²) in [7, 11) is 0. The molecule has 1 aliphatic rings. The number of benzene rings is 1. The summed E-state index contributed by atoms with van der Waals surface area (Å²) in [5.74, 6) is 0.357. The smallest absolute Gasteiger partial charge is 0.237 e. The third kappa shape index (κ3) is 5.92. The second-order valence-corrected chi connectivity index (χ2v) is 7.56. The Bertz CT molecular complexity index is 807. The summed E-state index contributed by atoms with van der Waals surface area (Å²) in [6.07, 6.45) is 3.74. The van der Waals surface area contributed by atoms with Gasteiger partial charge >= 0.3 is 0 Å². The van der Waals surface area contributed by atoms with Crippen LogP contribution in [0.5, 0.6) is 5.88 Å². The normalized spacial score (nSPS) is 15.6. The van der Waals surface area contributed by atoms with E-state index in [0.717, 1.165) is 50.3 Å². The van der Waals surface area contributed by atoms with Gasteiger partial charge < -0.3 is 15.0 Å². The van der Waals surface area contributed by atoms with Gasteiger partial charge in [-0.2, -0.15) is 0 Å². The SMILES string of the molecule is CCCCOc1ncccc1CNC(=O)C(C)N1CCN(c2ccc(F)cc2)CC1. The van der Waals surface area contributed by atoms with E-state index in [0.29, 0.717) is 19.0 Å². The lowest BCUT2D eigenvalue weighted by atomic mass is 10.2. The van der Waals surface area contributed by atoms with Crippen LogP contribution in [0.3, 0.4) is 0 Å². The van der Waals surface area contributed by atoms with Crippen LogP contribution in [0.2, 0.25) is 0 Å². The maximum absolute atomic E-state index is 13.1. The molecule has 0 saturated carbocycles. The molecule has 1 amide bonds. The third-order valence-corrected chi connectivity index (χ3v) is 5.47. The van der Waals surface area contributed by atoms with Gasteiger partial charge in [0.1, 0.15) is 5.82 Å². The molecule has 2 aromatic rings. The fraction of sp³-hybridized carbons (Fsp3) is 0.478. The van der Waals surface area contributed by atoms with Gasteiger partial charge in [-0.05, 0) is 43.7 Å². The Morgan fingerprint density at radius 2 is 1.93 bits per heavy atom. The highest BCUT2D eigenvalue weighted by molar-refractivity contribution is 5.81. The second-order valence-electron chi connectivity index (χ2n) is 7.56. The molecule has 0 spiro atoms. The Morgan fingerprint density at radius 1 is 1.20 bits per heavy atom. The molecule has 1 atom stereocenters. The molecule has 1 aromatic carbocycles. The number of anilines is 1. The van der Waals surface area contributed by atoms with Gasteiger partial charge in [0.2, 0.25) is 11.8 Å². The number of nitrogens with zero attached hydrogens (tertiary/aromatic N) is 3. The van der Waals surface area contributed by atoms with E-state index < -0.39 is 0 Å². The lowest BCUT2D eigenvalue weighted by Crippen LogP contribution is -2.53. The van der Waals surface area contributed by atoms with E-state index >= 15 is 0 Å². The van der Waals surface area contributed by atoms with Gasteiger partial charge in [-0.15, -0.1) is 0 Å². The summed E-state index contributed by atoms with van der Waals surface area (Å²) >= 11 is 0. The van der Waals surface area contributed by atoms with Crippen molar-refractivity contribution in [1.29, 1.82) is 0 Å². The minimum absolute atomic E-state index is 0.00593. The average Bonchev–Trinajstić information content (AvgIpc) is 2.78. The van der Waals surface area contributed by atoms with E-state index in [9.17, 15) is 9.18 Å². The van der Waals surface area contributed by atoms with E-state index in [4.69, 9.17) is 4.74 Å². The van der Waals surface area contributed by atoms with Gasteiger partial charge in [0.25, 0.3) is 0 Å². The molecule has 1 aliphatic heterocycles. The molecular formula is C23H31FN4O2. The van der Waals surface area contributed by atoms with Gasteiger partial charge in [0.15, 0.2) is 0 Å². The Morgan fingerprint density at radius 3 is 2.63 bits per heavy atom. The summed E-state index contributed by atoms with van der Waals surface area (Å²) in [6, 6.07) is 10.1. The number of hydrogen-bond donors (Lipinski definition) is 1. The van der Waals surface area contributed by atoms with E-state index in [2.05, 4.69) is 27.0 Å². The molecule has 6 nitrogen and oxygen atoms in total. The van der Waals surface area contributed by atoms with Gasteiger partial charge in [0.05, 0.1) is 12.6 Å². The highest BCUT2D eigenvalue weighted by Crippen LogP contribution is 2.18. The van der Waals surface area contributed by atoms with Crippen LogP contribution in [0.4, 0.5) is 10.1 Å². The van der Waals surface area contributed by atoms with Gasteiger partial charge in [-0.3, -0.25) is 9.69 Å². The van der Waals surface area contributed by atoms with Crippen molar-refractivity contribution in [2.24, 2.45) is 0 Å². The number of hydrogen-bond acceptors (Lipinski definition) is 5. The number of unbranched alkanes of at least 4 members (excludes halogenated alkanes) is 1. The van der Waals surface area contributed by atoms with Gasteiger partial charge in [-0.25, -0.2) is 9.37 Å². The molecule has 162 valence electrons. The molecular weight excluding hydrogens is 383 g/mol. The second kappa shape index (κ2) is 10.9. The van der Waals surface area contributed by atoms with Crippen molar-refractivity contribution in [3.05, 3.63) is 54.0 Å².